The van der Waals surface area contributed by atoms with Crippen molar-refractivity contribution < 1.29 is 4.79 Å². The van der Waals surface area contributed by atoms with Crippen LogP contribution in [0.2, 0.25) is 10.0 Å². The first kappa shape index (κ1) is 21.9. The second-order valence-corrected chi connectivity index (χ2v) is 8.05. The molecule has 0 atom stereocenters. The maximum absolute atomic E-state index is 13.2. The van der Waals surface area contributed by atoms with Gasteiger partial charge in [-0.15, -0.1) is 12.4 Å². The van der Waals surface area contributed by atoms with E-state index in [1.54, 1.807) is 23.1 Å². The summed E-state index contributed by atoms with van der Waals surface area (Å²) in [7, 11) is 4.03. The quantitative estimate of drug-likeness (QED) is 0.495. The number of benzene rings is 2. The predicted molar refractivity (Wildman–Crippen MR) is 118 cm³/mol. The van der Waals surface area contributed by atoms with Crippen LogP contribution in [0, 0.1) is 0 Å². The molecule has 0 bridgehead atoms. The molecule has 0 aliphatic rings. The molecule has 144 valence electrons. The lowest BCUT2D eigenvalue weighted by atomic mass is 10.2. The molecule has 0 saturated heterocycles. The average Bonchev–Trinajstić information content (AvgIpc) is 3.01. The Labute approximate surface area is 179 Å². The minimum Gasteiger partial charge on any atom is -0.309 e. The summed E-state index contributed by atoms with van der Waals surface area (Å²) in [6.07, 6.45) is 0.833. The lowest BCUT2D eigenvalue weighted by molar-refractivity contribution is 0.0986. The molecule has 0 aliphatic carbocycles. The first-order valence-corrected chi connectivity index (χ1v) is 9.80. The molecule has 0 fully saturated rings. The summed E-state index contributed by atoms with van der Waals surface area (Å²) in [6.45, 7) is 1.44. The van der Waals surface area contributed by atoms with E-state index in [2.05, 4.69) is 9.88 Å². The molecule has 4 nitrogen and oxygen atoms in total. The van der Waals surface area contributed by atoms with E-state index in [9.17, 15) is 4.79 Å². The van der Waals surface area contributed by atoms with E-state index in [4.69, 9.17) is 23.2 Å². The topological polar surface area (TPSA) is 36.4 Å². The summed E-state index contributed by atoms with van der Waals surface area (Å²) in [5.74, 6) is -0.139. The van der Waals surface area contributed by atoms with Gasteiger partial charge in [0.25, 0.3) is 5.91 Å². The summed E-state index contributed by atoms with van der Waals surface area (Å²) in [5, 5.41) is 1.76. The lowest BCUT2D eigenvalue weighted by Gasteiger charge is -2.21. The minimum absolute atomic E-state index is 0. The standard InChI is InChI=1S/C19H19Cl2N3OS.ClH/c1-23(2)10-5-11-24(18(25)14-6-3-4-7-15(14)21)19-22-16-9-8-13(20)12-17(16)26-19;/h3-4,6-9,12H,5,10-11H2,1-2H3;1H. The van der Waals surface area contributed by atoms with Crippen molar-refractivity contribution in [3.63, 3.8) is 0 Å². The van der Waals surface area contributed by atoms with Gasteiger partial charge >= 0.3 is 0 Å². The van der Waals surface area contributed by atoms with Gasteiger partial charge in [-0.2, -0.15) is 0 Å². The number of nitrogens with zero attached hydrogens (tertiary/aromatic N) is 3. The van der Waals surface area contributed by atoms with E-state index in [1.807, 2.05) is 38.4 Å². The summed E-state index contributed by atoms with van der Waals surface area (Å²) in [4.78, 5) is 21.6. The number of hydrogen-bond donors (Lipinski definition) is 0. The zero-order valence-electron chi connectivity index (χ0n) is 15.0. The molecule has 27 heavy (non-hydrogen) atoms. The molecule has 1 heterocycles. The number of amides is 1. The number of aromatic nitrogens is 1. The van der Waals surface area contributed by atoms with Crippen LogP contribution in [0.15, 0.2) is 42.5 Å². The second kappa shape index (κ2) is 9.71. The minimum atomic E-state index is -0.139. The smallest absolute Gasteiger partial charge is 0.261 e. The summed E-state index contributed by atoms with van der Waals surface area (Å²) >= 11 is 13.8. The fraction of sp³-hybridized carbons (Fsp3) is 0.263. The van der Waals surface area contributed by atoms with Gasteiger partial charge in [0, 0.05) is 11.6 Å². The van der Waals surface area contributed by atoms with Crippen molar-refractivity contribution in [3.8, 4) is 0 Å². The molecule has 0 saturated carbocycles. The van der Waals surface area contributed by atoms with E-state index < -0.39 is 0 Å². The number of fused-ring (bicyclic) bond motifs is 1. The van der Waals surface area contributed by atoms with Gasteiger partial charge in [-0.1, -0.05) is 46.7 Å². The van der Waals surface area contributed by atoms with Gasteiger partial charge in [-0.3, -0.25) is 9.69 Å². The Hall–Kier alpha value is -1.37. The van der Waals surface area contributed by atoms with Crippen LogP contribution in [0.3, 0.4) is 0 Å². The van der Waals surface area contributed by atoms with E-state index in [1.165, 1.54) is 11.3 Å². The fourth-order valence-corrected chi connectivity index (χ4v) is 4.09. The Balaban J connectivity index is 0.00000261. The normalized spacial score (nSPS) is 10.9. The third-order valence-electron chi connectivity index (χ3n) is 3.91. The molecule has 1 aromatic heterocycles. The van der Waals surface area contributed by atoms with Crippen LogP contribution in [-0.4, -0.2) is 43.0 Å². The average molecular weight is 445 g/mol. The molecule has 0 radical (unpaired) electrons. The highest BCUT2D eigenvalue weighted by atomic mass is 35.5. The molecule has 0 spiro atoms. The van der Waals surface area contributed by atoms with Crippen molar-refractivity contribution in [2.24, 2.45) is 0 Å². The predicted octanol–water partition coefficient (Wildman–Crippen LogP) is 5.62. The van der Waals surface area contributed by atoms with Gasteiger partial charge < -0.3 is 4.90 Å². The van der Waals surface area contributed by atoms with Gasteiger partial charge in [0.15, 0.2) is 5.13 Å². The van der Waals surface area contributed by atoms with Crippen molar-refractivity contribution in [1.29, 1.82) is 0 Å². The van der Waals surface area contributed by atoms with Gasteiger partial charge in [-0.05, 0) is 57.4 Å². The molecule has 3 rings (SSSR count). The highest BCUT2D eigenvalue weighted by Crippen LogP contribution is 2.32. The Morgan fingerprint density at radius 3 is 2.56 bits per heavy atom. The molecular weight excluding hydrogens is 425 g/mol. The van der Waals surface area contributed by atoms with E-state index >= 15 is 0 Å². The van der Waals surface area contributed by atoms with E-state index in [0.29, 0.717) is 27.3 Å². The molecule has 0 aliphatic heterocycles. The zero-order chi connectivity index (χ0) is 18.7. The summed E-state index contributed by atoms with van der Waals surface area (Å²) < 4.78 is 0.956. The van der Waals surface area contributed by atoms with Crippen LogP contribution in [0.25, 0.3) is 10.2 Å². The Bertz CT molecular complexity index is 929. The molecule has 2 aromatic carbocycles. The number of rotatable bonds is 6. The molecule has 3 aromatic rings. The largest absolute Gasteiger partial charge is 0.309 e. The van der Waals surface area contributed by atoms with Crippen molar-refractivity contribution in [2.45, 2.75) is 6.42 Å². The van der Waals surface area contributed by atoms with Crippen LogP contribution in [0.1, 0.15) is 16.8 Å². The monoisotopic (exact) mass is 443 g/mol. The third kappa shape index (κ3) is 5.33. The number of carbonyl (C=O) groups excluding carboxylic acids is 1. The number of hydrogen-bond acceptors (Lipinski definition) is 4. The van der Waals surface area contributed by atoms with Crippen LogP contribution in [0.5, 0.6) is 0 Å². The number of thiazole rings is 1. The molecular formula is C19H20Cl3N3OS. The van der Waals surface area contributed by atoms with Crippen LogP contribution in [-0.2, 0) is 0 Å². The van der Waals surface area contributed by atoms with Crippen LogP contribution in [0.4, 0.5) is 5.13 Å². The van der Waals surface area contributed by atoms with Gasteiger partial charge in [-0.25, -0.2) is 4.98 Å². The number of halogens is 3. The van der Waals surface area contributed by atoms with Crippen LogP contribution >= 0.6 is 46.9 Å². The zero-order valence-corrected chi connectivity index (χ0v) is 18.1. The third-order valence-corrected chi connectivity index (χ3v) is 5.51. The fourth-order valence-electron chi connectivity index (χ4n) is 2.61. The second-order valence-electron chi connectivity index (χ2n) is 6.20. The Kier molecular flexibility index (Phi) is 7.89. The SMILES string of the molecule is CN(C)CCCN(C(=O)c1ccccc1Cl)c1nc2ccc(Cl)cc2s1.Cl. The molecule has 8 heteroatoms. The van der Waals surface area contributed by atoms with Gasteiger partial charge in [0.1, 0.15) is 0 Å². The van der Waals surface area contributed by atoms with Crippen LogP contribution < -0.4 is 4.90 Å². The summed E-state index contributed by atoms with van der Waals surface area (Å²) in [5.41, 5.74) is 1.32. The van der Waals surface area contributed by atoms with Gasteiger partial charge in [0.2, 0.25) is 0 Å². The van der Waals surface area contributed by atoms with Crippen molar-refractivity contribution in [1.82, 2.24) is 9.88 Å². The molecule has 0 N–H and O–H groups in total. The Morgan fingerprint density at radius 2 is 1.85 bits per heavy atom. The number of carbonyl (C=O) groups is 1. The maximum atomic E-state index is 13.2. The first-order chi connectivity index (χ1) is 12.5. The Morgan fingerprint density at radius 1 is 1.11 bits per heavy atom. The van der Waals surface area contributed by atoms with Crippen molar-refractivity contribution >= 4 is 68.2 Å². The van der Waals surface area contributed by atoms with E-state index in [-0.39, 0.29) is 18.3 Å². The van der Waals surface area contributed by atoms with Crippen molar-refractivity contribution in [2.75, 3.05) is 32.1 Å². The first-order valence-electron chi connectivity index (χ1n) is 8.23. The molecule has 1 amide bonds. The molecule has 0 unspecified atom stereocenters. The van der Waals surface area contributed by atoms with Gasteiger partial charge in [0.05, 0.1) is 20.8 Å². The highest BCUT2D eigenvalue weighted by Gasteiger charge is 2.22. The van der Waals surface area contributed by atoms with Crippen molar-refractivity contribution in [3.05, 3.63) is 58.1 Å². The maximum Gasteiger partial charge on any atom is 0.261 e. The summed E-state index contributed by atoms with van der Waals surface area (Å²) in [6, 6.07) is 12.6. The number of anilines is 1. The lowest BCUT2D eigenvalue weighted by Crippen LogP contribution is -2.33. The highest BCUT2D eigenvalue weighted by molar-refractivity contribution is 7.22. The van der Waals surface area contributed by atoms with E-state index in [0.717, 1.165) is 23.2 Å².